The highest BCUT2D eigenvalue weighted by Crippen LogP contribution is 2.20. The maximum absolute atomic E-state index is 11.4. The molecule has 6 heteroatoms. The Labute approximate surface area is 107 Å². The van der Waals surface area contributed by atoms with Crippen LogP contribution in [-0.4, -0.2) is 26.5 Å². The minimum absolute atomic E-state index is 0. The number of rotatable bonds is 1. The highest BCUT2D eigenvalue weighted by Gasteiger charge is 2.25. The average Bonchev–Trinajstić information content (AvgIpc) is 2.17. The highest BCUT2D eigenvalue weighted by molar-refractivity contribution is 7.91. The van der Waals surface area contributed by atoms with E-state index < -0.39 is 9.84 Å². The summed E-state index contributed by atoms with van der Waals surface area (Å²) in [7, 11) is -2.89. The van der Waals surface area contributed by atoms with Crippen LogP contribution in [0.15, 0.2) is 24.3 Å². The summed E-state index contributed by atoms with van der Waals surface area (Å²) in [6.45, 7) is 0.523. The van der Waals surface area contributed by atoms with Gasteiger partial charge in [0.25, 0.3) is 0 Å². The molecule has 1 atom stereocenters. The van der Waals surface area contributed by atoms with E-state index in [0.29, 0.717) is 11.6 Å². The van der Waals surface area contributed by atoms with Gasteiger partial charge in [-0.3, -0.25) is 0 Å². The van der Waals surface area contributed by atoms with Crippen LogP contribution in [0.25, 0.3) is 0 Å². The second-order valence-electron chi connectivity index (χ2n) is 3.67. The summed E-state index contributed by atoms with van der Waals surface area (Å²) in [6.07, 6.45) is 0. The van der Waals surface area contributed by atoms with E-state index in [1.165, 1.54) is 0 Å². The van der Waals surface area contributed by atoms with Crippen LogP contribution in [0, 0.1) is 0 Å². The van der Waals surface area contributed by atoms with Crippen molar-refractivity contribution in [1.82, 2.24) is 5.32 Å². The van der Waals surface area contributed by atoms with Gasteiger partial charge in [-0.25, -0.2) is 8.42 Å². The van der Waals surface area contributed by atoms with Crippen LogP contribution < -0.4 is 5.32 Å². The summed E-state index contributed by atoms with van der Waals surface area (Å²) in [5.41, 5.74) is 0.975. The van der Waals surface area contributed by atoms with Gasteiger partial charge in [-0.2, -0.15) is 0 Å². The number of sulfone groups is 1. The van der Waals surface area contributed by atoms with Crippen molar-refractivity contribution in [2.45, 2.75) is 6.04 Å². The van der Waals surface area contributed by atoms with Crippen LogP contribution >= 0.6 is 24.0 Å². The third-order valence-electron chi connectivity index (χ3n) is 2.50. The lowest BCUT2D eigenvalue weighted by Crippen LogP contribution is -2.39. The van der Waals surface area contributed by atoms with Crippen molar-refractivity contribution in [3.8, 4) is 0 Å². The number of benzene rings is 1. The standard InChI is InChI=1S/C10H12ClNO2S.ClH/c11-9-3-1-8(2-4-9)10-7-15(13,14)6-5-12-10;/h1-4,10,12H,5-7H2;1H. The largest absolute Gasteiger partial charge is 0.308 e. The van der Waals surface area contributed by atoms with Crippen molar-refractivity contribution in [1.29, 1.82) is 0 Å². The van der Waals surface area contributed by atoms with E-state index >= 15 is 0 Å². The summed E-state index contributed by atoms with van der Waals surface area (Å²) >= 11 is 5.77. The number of halogens is 2. The molecular weight excluding hydrogens is 269 g/mol. The molecule has 0 amide bonds. The molecule has 0 bridgehead atoms. The van der Waals surface area contributed by atoms with Crippen LogP contribution in [0.4, 0.5) is 0 Å². The van der Waals surface area contributed by atoms with Crippen molar-refractivity contribution in [2.75, 3.05) is 18.1 Å². The van der Waals surface area contributed by atoms with Crippen molar-refractivity contribution < 1.29 is 8.42 Å². The summed E-state index contributed by atoms with van der Waals surface area (Å²) in [6, 6.07) is 7.18. The second kappa shape index (κ2) is 5.36. The lowest BCUT2D eigenvalue weighted by molar-refractivity contribution is 0.531. The van der Waals surface area contributed by atoms with Gasteiger partial charge in [0.1, 0.15) is 0 Å². The highest BCUT2D eigenvalue weighted by atomic mass is 35.5. The van der Waals surface area contributed by atoms with Crippen LogP contribution in [0.1, 0.15) is 11.6 Å². The molecule has 1 saturated heterocycles. The molecular formula is C10H13Cl2NO2S. The van der Waals surface area contributed by atoms with Crippen LogP contribution in [-0.2, 0) is 9.84 Å². The van der Waals surface area contributed by atoms with E-state index in [-0.39, 0.29) is 30.0 Å². The molecule has 1 N–H and O–H groups in total. The first kappa shape index (κ1) is 13.8. The van der Waals surface area contributed by atoms with E-state index in [1.807, 2.05) is 12.1 Å². The number of hydrogen-bond acceptors (Lipinski definition) is 3. The van der Waals surface area contributed by atoms with Gasteiger partial charge in [-0.05, 0) is 17.7 Å². The quantitative estimate of drug-likeness (QED) is 0.854. The Kier molecular flexibility index (Phi) is 4.62. The van der Waals surface area contributed by atoms with Gasteiger partial charge < -0.3 is 5.32 Å². The molecule has 1 aliphatic heterocycles. The number of nitrogens with one attached hydrogen (secondary N) is 1. The predicted molar refractivity (Wildman–Crippen MR) is 68.1 cm³/mol. The molecule has 3 nitrogen and oxygen atoms in total. The molecule has 1 fully saturated rings. The molecule has 1 aromatic carbocycles. The Bertz CT molecular complexity index is 444. The summed E-state index contributed by atoms with van der Waals surface area (Å²) in [5.74, 6) is 0.408. The lowest BCUT2D eigenvalue weighted by atomic mass is 10.1. The molecule has 16 heavy (non-hydrogen) atoms. The zero-order chi connectivity index (χ0) is 10.9. The van der Waals surface area contributed by atoms with Crippen LogP contribution in [0.5, 0.6) is 0 Å². The fourth-order valence-corrected chi connectivity index (χ4v) is 3.23. The zero-order valence-electron chi connectivity index (χ0n) is 8.52. The minimum Gasteiger partial charge on any atom is -0.308 e. The molecule has 0 saturated carbocycles. The van der Waals surface area contributed by atoms with Gasteiger partial charge in [0.2, 0.25) is 0 Å². The van der Waals surface area contributed by atoms with E-state index in [2.05, 4.69) is 5.32 Å². The van der Waals surface area contributed by atoms with Gasteiger partial charge >= 0.3 is 0 Å². The van der Waals surface area contributed by atoms with Gasteiger partial charge in [-0.1, -0.05) is 23.7 Å². The molecule has 1 aliphatic rings. The Morgan fingerprint density at radius 2 is 1.88 bits per heavy atom. The predicted octanol–water partition coefficient (Wildman–Crippen LogP) is 1.82. The van der Waals surface area contributed by atoms with E-state index in [0.717, 1.165) is 5.56 Å². The molecule has 1 unspecified atom stereocenters. The van der Waals surface area contributed by atoms with Crippen LogP contribution in [0.2, 0.25) is 5.02 Å². The van der Waals surface area contributed by atoms with Gasteiger partial charge in [0.15, 0.2) is 9.84 Å². The summed E-state index contributed by atoms with van der Waals surface area (Å²) in [5, 5.41) is 3.85. The topological polar surface area (TPSA) is 46.2 Å². The Morgan fingerprint density at radius 1 is 1.25 bits per heavy atom. The second-order valence-corrected chi connectivity index (χ2v) is 6.34. The van der Waals surface area contributed by atoms with Crippen molar-refractivity contribution in [3.63, 3.8) is 0 Å². The average molecular weight is 282 g/mol. The molecule has 1 aromatic rings. The fraction of sp³-hybridized carbons (Fsp3) is 0.400. The molecule has 2 rings (SSSR count). The molecule has 0 aromatic heterocycles. The molecule has 0 radical (unpaired) electrons. The van der Waals surface area contributed by atoms with Gasteiger partial charge in [0.05, 0.1) is 11.5 Å². The summed E-state index contributed by atoms with van der Waals surface area (Å²) < 4.78 is 22.9. The van der Waals surface area contributed by atoms with E-state index in [9.17, 15) is 8.42 Å². The maximum Gasteiger partial charge on any atom is 0.153 e. The molecule has 90 valence electrons. The normalized spacial score (nSPS) is 23.4. The van der Waals surface area contributed by atoms with Crippen molar-refractivity contribution in [3.05, 3.63) is 34.9 Å². The van der Waals surface area contributed by atoms with Crippen molar-refractivity contribution in [2.24, 2.45) is 0 Å². The number of hydrogen-bond donors (Lipinski definition) is 1. The Hall–Kier alpha value is -0.290. The first-order valence-electron chi connectivity index (χ1n) is 4.76. The lowest BCUT2D eigenvalue weighted by Gasteiger charge is -2.23. The summed E-state index contributed by atoms with van der Waals surface area (Å²) in [4.78, 5) is 0. The molecule has 1 heterocycles. The zero-order valence-corrected chi connectivity index (χ0v) is 10.9. The SMILES string of the molecule is Cl.O=S1(=O)CCNC(c2ccc(Cl)cc2)C1. The molecule has 0 spiro atoms. The third-order valence-corrected chi connectivity index (χ3v) is 4.42. The Morgan fingerprint density at radius 3 is 2.44 bits per heavy atom. The first-order valence-corrected chi connectivity index (χ1v) is 6.96. The van der Waals surface area contributed by atoms with E-state index in [1.54, 1.807) is 12.1 Å². The smallest absolute Gasteiger partial charge is 0.153 e. The van der Waals surface area contributed by atoms with Gasteiger partial charge in [0, 0.05) is 17.6 Å². The first-order chi connectivity index (χ1) is 7.07. The van der Waals surface area contributed by atoms with E-state index in [4.69, 9.17) is 11.6 Å². The third kappa shape index (κ3) is 3.35. The van der Waals surface area contributed by atoms with Crippen LogP contribution in [0.3, 0.4) is 0 Å². The fourth-order valence-electron chi connectivity index (χ4n) is 1.69. The van der Waals surface area contributed by atoms with Crippen molar-refractivity contribution >= 4 is 33.8 Å². The minimum atomic E-state index is -2.89. The molecule has 0 aliphatic carbocycles. The van der Waals surface area contributed by atoms with Gasteiger partial charge in [-0.15, -0.1) is 12.4 Å². The maximum atomic E-state index is 11.4. The Balaban J connectivity index is 0.00000128. The monoisotopic (exact) mass is 281 g/mol.